The molecule has 0 aliphatic rings. The molecule has 0 aliphatic carbocycles. The minimum absolute atomic E-state index is 0.0467. The maximum atomic E-state index is 12.4. The molecule has 29 heavy (non-hydrogen) atoms. The number of ether oxygens (including phenoxy) is 1. The van der Waals surface area contributed by atoms with E-state index < -0.39 is 0 Å². The lowest BCUT2D eigenvalue weighted by Crippen LogP contribution is -2.33. The van der Waals surface area contributed by atoms with Crippen LogP contribution in [0.25, 0.3) is 0 Å². The van der Waals surface area contributed by atoms with Gasteiger partial charge in [-0.2, -0.15) is 0 Å². The lowest BCUT2D eigenvalue weighted by Gasteiger charge is -2.19. The van der Waals surface area contributed by atoms with Gasteiger partial charge in [-0.3, -0.25) is 14.5 Å². The summed E-state index contributed by atoms with van der Waals surface area (Å²) in [5.41, 5.74) is 1.90. The molecule has 2 aromatic rings. The minimum atomic E-state index is -0.205. The van der Waals surface area contributed by atoms with Crippen LogP contribution in [-0.2, 0) is 4.79 Å². The van der Waals surface area contributed by atoms with Gasteiger partial charge in [0, 0.05) is 16.9 Å². The van der Waals surface area contributed by atoms with Gasteiger partial charge >= 0.3 is 0 Å². The molecule has 6 heteroatoms. The summed E-state index contributed by atoms with van der Waals surface area (Å²) in [5.74, 6) is 0.514. The summed E-state index contributed by atoms with van der Waals surface area (Å²) in [4.78, 5) is 26.8. The summed E-state index contributed by atoms with van der Waals surface area (Å²) in [6.07, 6.45) is 2.19. The highest BCUT2D eigenvalue weighted by Gasteiger charge is 2.10. The molecule has 0 unspecified atom stereocenters. The molecule has 2 rings (SSSR count). The van der Waals surface area contributed by atoms with E-state index in [1.807, 2.05) is 19.1 Å². The fraction of sp³-hybridized carbons (Fsp3) is 0.391. The fourth-order valence-electron chi connectivity index (χ4n) is 2.84. The van der Waals surface area contributed by atoms with Gasteiger partial charge in [0.2, 0.25) is 5.91 Å². The van der Waals surface area contributed by atoms with Gasteiger partial charge in [-0.15, -0.1) is 0 Å². The average Bonchev–Trinajstić information content (AvgIpc) is 2.73. The van der Waals surface area contributed by atoms with Crippen molar-refractivity contribution in [3.05, 3.63) is 54.1 Å². The summed E-state index contributed by atoms with van der Waals surface area (Å²) >= 11 is 0. The summed E-state index contributed by atoms with van der Waals surface area (Å²) in [6.45, 7) is 8.86. The van der Waals surface area contributed by atoms with E-state index in [0.29, 0.717) is 30.1 Å². The Morgan fingerprint density at radius 1 is 0.897 bits per heavy atom. The second-order valence-corrected chi connectivity index (χ2v) is 6.76. The molecular weight excluding hydrogens is 366 g/mol. The zero-order chi connectivity index (χ0) is 21.1. The van der Waals surface area contributed by atoms with Gasteiger partial charge in [0.25, 0.3) is 5.91 Å². The molecule has 0 saturated carbocycles. The lowest BCUT2D eigenvalue weighted by atomic mass is 10.2. The Labute approximate surface area is 173 Å². The monoisotopic (exact) mass is 397 g/mol. The highest BCUT2D eigenvalue weighted by Crippen LogP contribution is 2.17. The van der Waals surface area contributed by atoms with E-state index >= 15 is 0 Å². The highest BCUT2D eigenvalue weighted by molar-refractivity contribution is 6.04. The van der Waals surface area contributed by atoms with Crippen molar-refractivity contribution in [3.8, 4) is 5.75 Å². The molecule has 0 heterocycles. The second kappa shape index (κ2) is 11.9. The quantitative estimate of drug-likeness (QED) is 0.590. The van der Waals surface area contributed by atoms with Crippen molar-refractivity contribution in [2.75, 3.05) is 36.9 Å². The molecule has 0 aliphatic heterocycles. The van der Waals surface area contributed by atoms with E-state index in [-0.39, 0.29) is 11.8 Å². The zero-order valence-electron chi connectivity index (χ0n) is 17.5. The van der Waals surface area contributed by atoms with Crippen LogP contribution in [0.5, 0.6) is 5.75 Å². The molecule has 156 valence electrons. The van der Waals surface area contributed by atoms with Gasteiger partial charge in [-0.1, -0.05) is 20.3 Å². The van der Waals surface area contributed by atoms with Crippen molar-refractivity contribution < 1.29 is 14.3 Å². The van der Waals surface area contributed by atoms with Crippen LogP contribution in [0.2, 0.25) is 0 Å². The number of nitrogens with zero attached hydrogens (tertiary/aromatic N) is 1. The fourth-order valence-corrected chi connectivity index (χ4v) is 2.84. The predicted molar refractivity (Wildman–Crippen MR) is 118 cm³/mol. The van der Waals surface area contributed by atoms with Crippen molar-refractivity contribution in [3.63, 3.8) is 0 Å². The van der Waals surface area contributed by atoms with E-state index in [0.717, 1.165) is 31.7 Å². The molecule has 0 saturated heterocycles. The van der Waals surface area contributed by atoms with E-state index in [9.17, 15) is 9.59 Å². The molecular formula is C23H31N3O3. The SMILES string of the molecule is CCCCN(CC)CC(=O)Nc1ccc(C(=O)Nc2ccc(OCC)cc2)cc1. The van der Waals surface area contributed by atoms with Gasteiger partial charge in [0.1, 0.15) is 5.75 Å². The van der Waals surface area contributed by atoms with E-state index in [4.69, 9.17) is 4.74 Å². The summed E-state index contributed by atoms with van der Waals surface area (Å²) in [7, 11) is 0. The third-order valence-corrected chi connectivity index (χ3v) is 4.50. The van der Waals surface area contributed by atoms with Gasteiger partial charge in [-0.25, -0.2) is 0 Å². The number of likely N-dealkylation sites (N-methyl/N-ethyl adjacent to an activating group) is 1. The third kappa shape index (κ3) is 7.58. The number of unbranched alkanes of at least 4 members (excludes halogenated alkanes) is 1. The number of carbonyl (C=O) groups excluding carboxylic acids is 2. The van der Waals surface area contributed by atoms with Crippen molar-refractivity contribution >= 4 is 23.2 Å². The third-order valence-electron chi connectivity index (χ3n) is 4.50. The maximum Gasteiger partial charge on any atom is 0.255 e. The average molecular weight is 398 g/mol. The number of benzene rings is 2. The maximum absolute atomic E-state index is 12.4. The Kier molecular flexibility index (Phi) is 9.18. The van der Waals surface area contributed by atoms with Crippen LogP contribution in [0.1, 0.15) is 44.0 Å². The molecule has 0 atom stereocenters. The highest BCUT2D eigenvalue weighted by atomic mass is 16.5. The molecule has 0 fully saturated rings. The normalized spacial score (nSPS) is 10.6. The minimum Gasteiger partial charge on any atom is -0.494 e. The van der Waals surface area contributed by atoms with Crippen LogP contribution in [0.4, 0.5) is 11.4 Å². The van der Waals surface area contributed by atoms with Crippen LogP contribution in [0.3, 0.4) is 0 Å². The zero-order valence-corrected chi connectivity index (χ0v) is 17.5. The standard InChI is InChI=1S/C23H31N3O3/c1-4-7-16-26(5-2)17-22(27)24-19-10-8-18(9-11-19)23(28)25-20-12-14-21(15-13-20)29-6-3/h8-15H,4-7,16-17H2,1-3H3,(H,24,27)(H,25,28). The number of carbonyl (C=O) groups is 2. The first-order valence-corrected chi connectivity index (χ1v) is 10.2. The van der Waals surface area contributed by atoms with E-state index in [2.05, 4.69) is 29.4 Å². The first-order valence-electron chi connectivity index (χ1n) is 10.2. The van der Waals surface area contributed by atoms with E-state index in [1.54, 1.807) is 36.4 Å². The number of nitrogens with one attached hydrogen (secondary N) is 2. The van der Waals surface area contributed by atoms with Crippen LogP contribution in [-0.4, -0.2) is 43.0 Å². The first kappa shape index (κ1) is 22.4. The number of amides is 2. The van der Waals surface area contributed by atoms with Gasteiger partial charge < -0.3 is 15.4 Å². The summed E-state index contributed by atoms with van der Waals surface area (Å²) in [5, 5.41) is 5.74. The first-order chi connectivity index (χ1) is 14.0. The van der Waals surface area contributed by atoms with Crippen LogP contribution < -0.4 is 15.4 Å². The van der Waals surface area contributed by atoms with Gasteiger partial charge in [0.15, 0.2) is 0 Å². The van der Waals surface area contributed by atoms with Crippen LogP contribution in [0, 0.1) is 0 Å². The molecule has 2 aromatic carbocycles. The Balaban J connectivity index is 1.88. The predicted octanol–water partition coefficient (Wildman–Crippen LogP) is 4.40. The molecule has 0 spiro atoms. The molecule has 6 nitrogen and oxygen atoms in total. The molecule has 0 aromatic heterocycles. The topological polar surface area (TPSA) is 70.7 Å². The Hall–Kier alpha value is -2.86. The Morgan fingerprint density at radius 3 is 2.10 bits per heavy atom. The van der Waals surface area contributed by atoms with Crippen LogP contribution >= 0.6 is 0 Å². The second-order valence-electron chi connectivity index (χ2n) is 6.76. The lowest BCUT2D eigenvalue weighted by molar-refractivity contribution is -0.117. The molecule has 0 radical (unpaired) electrons. The number of hydrogen-bond acceptors (Lipinski definition) is 4. The van der Waals surface area contributed by atoms with Crippen LogP contribution in [0.15, 0.2) is 48.5 Å². The summed E-state index contributed by atoms with van der Waals surface area (Å²) < 4.78 is 5.40. The largest absolute Gasteiger partial charge is 0.494 e. The van der Waals surface area contributed by atoms with Gasteiger partial charge in [0.05, 0.1) is 13.2 Å². The van der Waals surface area contributed by atoms with E-state index in [1.165, 1.54) is 0 Å². The molecule has 0 bridgehead atoms. The summed E-state index contributed by atoms with van der Waals surface area (Å²) in [6, 6.07) is 14.1. The Bertz CT molecular complexity index is 773. The number of anilines is 2. The van der Waals surface area contributed by atoms with Crippen molar-refractivity contribution in [1.82, 2.24) is 4.90 Å². The smallest absolute Gasteiger partial charge is 0.255 e. The number of rotatable bonds is 11. The molecule has 2 amide bonds. The van der Waals surface area contributed by atoms with Gasteiger partial charge in [-0.05, 0) is 75.0 Å². The Morgan fingerprint density at radius 2 is 1.52 bits per heavy atom. The van der Waals surface area contributed by atoms with Crippen molar-refractivity contribution in [2.45, 2.75) is 33.6 Å². The van der Waals surface area contributed by atoms with Crippen molar-refractivity contribution in [2.24, 2.45) is 0 Å². The van der Waals surface area contributed by atoms with Crippen molar-refractivity contribution in [1.29, 1.82) is 0 Å². The number of hydrogen-bond donors (Lipinski definition) is 2. The molecule has 2 N–H and O–H groups in total.